The summed E-state index contributed by atoms with van der Waals surface area (Å²) in [5.41, 5.74) is -0.728. The first-order chi connectivity index (χ1) is 13.8. The molecule has 3 heterocycles. The van der Waals surface area contributed by atoms with Crippen molar-refractivity contribution >= 4 is 11.0 Å². The van der Waals surface area contributed by atoms with Crippen molar-refractivity contribution in [1.29, 1.82) is 0 Å². The molecule has 1 aliphatic rings. The summed E-state index contributed by atoms with van der Waals surface area (Å²) in [6, 6.07) is 3.35. The highest BCUT2D eigenvalue weighted by molar-refractivity contribution is 5.84. The Hall–Kier alpha value is -2.78. The number of aromatic nitrogens is 3. The standard InChI is InChI=1S/C20H22F2N4O3/c1-10-7-26(8-11(2)29-10)9-14-16-18(27)19(28)17(23-20(16)25(3)24-14)15-12(21)5-4-6-13(15)22/h4-6,10-11,28H,7-9H2,1-3H3,(H,23,27). The van der Waals surface area contributed by atoms with E-state index in [-0.39, 0.29) is 28.9 Å². The number of hydrogen-bond donors (Lipinski definition) is 2. The lowest BCUT2D eigenvalue weighted by Gasteiger charge is -2.34. The quantitative estimate of drug-likeness (QED) is 0.701. The third kappa shape index (κ3) is 3.40. The van der Waals surface area contributed by atoms with Crippen LogP contribution in [0.25, 0.3) is 22.3 Å². The number of nitrogens with zero attached hydrogens (tertiary/aromatic N) is 3. The van der Waals surface area contributed by atoms with E-state index in [1.807, 2.05) is 13.8 Å². The largest absolute Gasteiger partial charge is 0.503 e. The number of aromatic hydroxyl groups is 1. The summed E-state index contributed by atoms with van der Waals surface area (Å²) >= 11 is 0. The maximum atomic E-state index is 14.2. The van der Waals surface area contributed by atoms with Gasteiger partial charge in [-0.2, -0.15) is 5.10 Å². The molecule has 0 saturated carbocycles. The fourth-order valence-electron chi connectivity index (χ4n) is 4.02. The van der Waals surface area contributed by atoms with Crippen molar-refractivity contribution in [3.05, 3.63) is 45.8 Å². The van der Waals surface area contributed by atoms with Gasteiger partial charge >= 0.3 is 0 Å². The minimum Gasteiger partial charge on any atom is -0.503 e. The van der Waals surface area contributed by atoms with Crippen LogP contribution in [0.3, 0.4) is 0 Å². The normalized spacial score (nSPS) is 20.4. The Kier molecular flexibility index (Phi) is 4.87. The van der Waals surface area contributed by atoms with Crippen molar-refractivity contribution in [3.8, 4) is 17.0 Å². The van der Waals surface area contributed by atoms with Crippen LogP contribution in [0.4, 0.5) is 8.78 Å². The van der Waals surface area contributed by atoms with Gasteiger partial charge < -0.3 is 14.8 Å². The molecule has 2 aromatic heterocycles. The zero-order chi connectivity index (χ0) is 20.9. The molecule has 0 aliphatic carbocycles. The Morgan fingerprint density at radius 1 is 1.24 bits per heavy atom. The maximum Gasteiger partial charge on any atom is 0.235 e. The number of benzene rings is 1. The first kappa shape index (κ1) is 19.5. The number of pyridine rings is 1. The average Bonchev–Trinajstić information content (AvgIpc) is 2.93. The lowest BCUT2D eigenvalue weighted by molar-refractivity contribution is -0.0707. The molecule has 2 N–H and O–H groups in total. The minimum atomic E-state index is -0.881. The second-order valence-electron chi connectivity index (χ2n) is 7.52. The molecular weight excluding hydrogens is 382 g/mol. The van der Waals surface area contributed by atoms with E-state index in [9.17, 15) is 18.7 Å². The average molecular weight is 404 g/mol. The SMILES string of the molecule is CC1CN(Cc2nn(C)c3[nH]c(-c4c(F)cccc4F)c(O)c(=O)c23)CC(C)O1. The van der Waals surface area contributed by atoms with Crippen LogP contribution >= 0.6 is 0 Å². The van der Waals surface area contributed by atoms with Gasteiger partial charge in [0.2, 0.25) is 5.43 Å². The third-order valence-corrected chi connectivity index (χ3v) is 5.12. The van der Waals surface area contributed by atoms with Gasteiger partial charge in [0.15, 0.2) is 5.75 Å². The van der Waals surface area contributed by atoms with Gasteiger partial charge in [0.25, 0.3) is 0 Å². The van der Waals surface area contributed by atoms with E-state index in [1.54, 1.807) is 7.05 Å². The van der Waals surface area contributed by atoms with Crippen LogP contribution in [-0.2, 0) is 18.3 Å². The minimum absolute atomic E-state index is 0.0519. The Morgan fingerprint density at radius 2 is 1.86 bits per heavy atom. The number of aromatic amines is 1. The van der Waals surface area contributed by atoms with Crippen molar-refractivity contribution < 1.29 is 18.6 Å². The molecule has 1 saturated heterocycles. The van der Waals surface area contributed by atoms with Crippen LogP contribution in [0.2, 0.25) is 0 Å². The Labute approximate surface area is 165 Å². The van der Waals surface area contributed by atoms with E-state index >= 15 is 0 Å². The Balaban J connectivity index is 1.83. The van der Waals surface area contributed by atoms with Gasteiger partial charge in [-0.1, -0.05) is 6.07 Å². The summed E-state index contributed by atoms with van der Waals surface area (Å²) < 4.78 is 35.6. The van der Waals surface area contributed by atoms with Crippen molar-refractivity contribution in [1.82, 2.24) is 19.7 Å². The number of aryl methyl sites for hydroxylation is 1. The number of fused-ring (bicyclic) bond motifs is 1. The summed E-state index contributed by atoms with van der Waals surface area (Å²) in [6.07, 6.45) is 0.104. The van der Waals surface area contributed by atoms with Crippen molar-refractivity contribution in [2.24, 2.45) is 7.05 Å². The smallest absolute Gasteiger partial charge is 0.235 e. The van der Waals surface area contributed by atoms with E-state index in [1.165, 1.54) is 10.7 Å². The third-order valence-electron chi connectivity index (χ3n) is 5.12. The fraction of sp³-hybridized carbons (Fsp3) is 0.400. The maximum absolute atomic E-state index is 14.2. The molecule has 0 radical (unpaired) electrons. The second kappa shape index (κ2) is 7.23. The zero-order valence-corrected chi connectivity index (χ0v) is 16.4. The van der Waals surface area contributed by atoms with E-state index in [2.05, 4.69) is 15.0 Å². The molecule has 3 aromatic rings. The van der Waals surface area contributed by atoms with Crippen LogP contribution < -0.4 is 5.43 Å². The lowest BCUT2D eigenvalue weighted by atomic mass is 10.1. The van der Waals surface area contributed by atoms with Gasteiger partial charge in [0.1, 0.15) is 17.3 Å². The lowest BCUT2D eigenvalue weighted by Crippen LogP contribution is -2.45. The van der Waals surface area contributed by atoms with E-state index in [4.69, 9.17) is 4.74 Å². The molecule has 4 rings (SSSR count). The van der Waals surface area contributed by atoms with Gasteiger partial charge in [-0.25, -0.2) is 8.78 Å². The van der Waals surface area contributed by atoms with Crippen LogP contribution in [0.1, 0.15) is 19.5 Å². The molecule has 9 heteroatoms. The first-order valence-electron chi connectivity index (χ1n) is 9.39. The molecule has 2 atom stereocenters. The van der Waals surface area contributed by atoms with Crippen LogP contribution in [0.5, 0.6) is 5.75 Å². The molecule has 0 bridgehead atoms. The van der Waals surface area contributed by atoms with Crippen LogP contribution in [0, 0.1) is 11.6 Å². The molecule has 154 valence electrons. The van der Waals surface area contributed by atoms with Gasteiger partial charge in [0.05, 0.1) is 34.5 Å². The number of nitrogens with one attached hydrogen (secondary N) is 1. The van der Waals surface area contributed by atoms with Gasteiger partial charge in [-0.05, 0) is 26.0 Å². The number of ether oxygens (including phenoxy) is 1. The van der Waals surface area contributed by atoms with Crippen LogP contribution in [0.15, 0.2) is 23.0 Å². The van der Waals surface area contributed by atoms with E-state index in [0.717, 1.165) is 12.1 Å². The number of H-pyrrole nitrogens is 1. The number of halogens is 2. The summed E-state index contributed by atoms with van der Waals surface area (Å²) in [5, 5.41) is 15.1. The molecular formula is C20H22F2N4O3. The number of morpholine rings is 1. The Morgan fingerprint density at radius 3 is 2.48 bits per heavy atom. The summed E-state index contributed by atoms with van der Waals surface area (Å²) in [4.78, 5) is 17.9. The highest BCUT2D eigenvalue weighted by Crippen LogP contribution is 2.31. The highest BCUT2D eigenvalue weighted by Gasteiger charge is 2.27. The molecule has 0 amide bonds. The van der Waals surface area contributed by atoms with E-state index in [0.29, 0.717) is 25.3 Å². The van der Waals surface area contributed by atoms with Gasteiger partial charge in [0, 0.05) is 26.7 Å². The fourth-order valence-corrected chi connectivity index (χ4v) is 4.02. The molecule has 1 fully saturated rings. The highest BCUT2D eigenvalue weighted by atomic mass is 19.1. The van der Waals surface area contributed by atoms with Gasteiger partial charge in [-0.15, -0.1) is 0 Å². The molecule has 1 aliphatic heterocycles. The van der Waals surface area contributed by atoms with Crippen LogP contribution in [-0.4, -0.2) is 50.1 Å². The van der Waals surface area contributed by atoms with Crippen molar-refractivity contribution in [2.75, 3.05) is 13.1 Å². The predicted octanol–water partition coefficient (Wildman–Crippen LogP) is 2.52. The Bertz CT molecular complexity index is 1110. The predicted molar refractivity (Wildman–Crippen MR) is 104 cm³/mol. The molecule has 2 unspecified atom stereocenters. The second-order valence-corrected chi connectivity index (χ2v) is 7.52. The molecule has 0 spiro atoms. The number of hydrogen-bond acceptors (Lipinski definition) is 5. The van der Waals surface area contributed by atoms with Crippen molar-refractivity contribution in [2.45, 2.75) is 32.6 Å². The summed E-state index contributed by atoms with van der Waals surface area (Å²) in [5.74, 6) is -2.50. The van der Waals surface area contributed by atoms with E-state index < -0.39 is 28.4 Å². The molecule has 29 heavy (non-hydrogen) atoms. The van der Waals surface area contributed by atoms with Gasteiger partial charge in [-0.3, -0.25) is 14.4 Å². The monoisotopic (exact) mass is 404 g/mol. The summed E-state index contributed by atoms with van der Waals surface area (Å²) in [7, 11) is 1.63. The first-order valence-corrected chi connectivity index (χ1v) is 9.39. The summed E-state index contributed by atoms with van der Waals surface area (Å²) in [6.45, 7) is 5.72. The molecule has 1 aromatic carbocycles. The topological polar surface area (TPSA) is 83.4 Å². The molecule has 7 nitrogen and oxygen atoms in total. The zero-order valence-electron chi connectivity index (χ0n) is 16.4. The number of rotatable bonds is 3. The van der Waals surface area contributed by atoms with Crippen molar-refractivity contribution in [3.63, 3.8) is 0 Å².